The van der Waals surface area contributed by atoms with Crippen molar-refractivity contribution in [3.05, 3.63) is 52.6 Å². The Balaban J connectivity index is 1.66. The molecule has 8 nitrogen and oxygen atoms in total. The quantitative estimate of drug-likeness (QED) is 0.643. The number of benzene rings is 1. The first-order chi connectivity index (χ1) is 16.0. The normalized spacial score (nSPS) is 22.7. The minimum absolute atomic E-state index is 0.0497. The van der Waals surface area contributed by atoms with Crippen LogP contribution in [0.1, 0.15) is 6.92 Å². The van der Waals surface area contributed by atoms with Gasteiger partial charge in [0.25, 0.3) is 5.56 Å². The van der Waals surface area contributed by atoms with E-state index < -0.39 is 45.1 Å². The minimum Gasteiger partial charge on any atom is -0.377 e. The molecule has 1 aromatic carbocycles. The standard InChI is InChI=1S/C21H24F4N4O4S/c1-14-13-33-8-7-28(14)16-10-19(26-20(30)11-16)29-6-5-27(12-18(29)21(23,24)25)34(31,32)17-4-2-3-15(22)9-17/h2-4,9-11,14,18H,5-8,12-13H2,1H3,(H,26,30)/t14-,18?/m1/s1. The number of anilines is 2. The molecule has 0 amide bonds. The Morgan fingerprint density at radius 1 is 1.09 bits per heavy atom. The zero-order chi connectivity index (χ0) is 24.7. The van der Waals surface area contributed by atoms with Gasteiger partial charge in [-0.1, -0.05) is 6.07 Å². The molecule has 2 atom stereocenters. The number of piperazine rings is 1. The number of ether oxygens (including phenoxy) is 1. The fraction of sp³-hybridized carbons (Fsp3) is 0.476. The monoisotopic (exact) mass is 504 g/mol. The van der Waals surface area contributed by atoms with E-state index in [2.05, 4.69) is 4.98 Å². The molecule has 2 aliphatic heterocycles. The molecule has 4 rings (SSSR count). The minimum atomic E-state index is -4.80. The Morgan fingerprint density at radius 2 is 1.85 bits per heavy atom. The molecule has 2 saturated heterocycles. The Labute approximate surface area is 193 Å². The van der Waals surface area contributed by atoms with Crippen molar-refractivity contribution in [1.82, 2.24) is 9.29 Å². The molecule has 34 heavy (non-hydrogen) atoms. The third-order valence-corrected chi connectivity index (χ3v) is 7.84. The fourth-order valence-corrected chi connectivity index (χ4v) is 5.74. The number of sulfonamides is 1. The van der Waals surface area contributed by atoms with Gasteiger partial charge in [0, 0.05) is 50.0 Å². The molecule has 0 bridgehead atoms. The van der Waals surface area contributed by atoms with Crippen molar-refractivity contribution in [3.63, 3.8) is 0 Å². The smallest absolute Gasteiger partial charge is 0.377 e. The van der Waals surface area contributed by atoms with E-state index >= 15 is 0 Å². The molecule has 1 N–H and O–H groups in total. The summed E-state index contributed by atoms with van der Waals surface area (Å²) in [6.07, 6.45) is -4.80. The molecule has 13 heteroatoms. The number of halogens is 4. The molecule has 0 spiro atoms. The Kier molecular flexibility index (Phi) is 6.62. The molecule has 1 unspecified atom stereocenters. The average molecular weight is 505 g/mol. The summed E-state index contributed by atoms with van der Waals surface area (Å²) in [5.41, 5.74) is -0.104. The van der Waals surface area contributed by atoms with Gasteiger partial charge in [0.2, 0.25) is 10.0 Å². The van der Waals surface area contributed by atoms with Crippen molar-refractivity contribution in [2.24, 2.45) is 0 Å². The fourth-order valence-electron chi connectivity index (χ4n) is 4.27. The van der Waals surface area contributed by atoms with Crippen LogP contribution in [0.5, 0.6) is 0 Å². The lowest BCUT2D eigenvalue weighted by Gasteiger charge is -2.42. The predicted octanol–water partition coefficient (Wildman–Crippen LogP) is 2.18. The lowest BCUT2D eigenvalue weighted by atomic mass is 10.1. The number of alkyl halides is 3. The van der Waals surface area contributed by atoms with Crippen LogP contribution in [0.2, 0.25) is 0 Å². The number of hydrogen-bond acceptors (Lipinski definition) is 6. The van der Waals surface area contributed by atoms with Gasteiger partial charge in [-0.15, -0.1) is 0 Å². The summed E-state index contributed by atoms with van der Waals surface area (Å²) < 4.78 is 87.7. The zero-order valence-corrected chi connectivity index (χ0v) is 19.1. The Hall–Kier alpha value is -2.64. The average Bonchev–Trinajstić information content (AvgIpc) is 2.78. The molecule has 2 aliphatic rings. The van der Waals surface area contributed by atoms with Crippen LogP contribution in [0.4, 0.5) is 29.1 Å². The summed E-state index contributed by atoms with van der Waals surface area (Å²) in [5.74, 6) is -0.856. The third-order valence-electron chi connectivity index (χ3n) is 5.98. The molecule has 0 aliphatic carbocycles. The van der Waals surface area contributed by atoms with Gasteiger partial charge in [-0.2, -0.15) is 17.5 Å². The van der Waals surface area contributed by atoms with E-state index in [-0.39, 0.29) is 24.9 Å². The van der Waals surface area contributed by atoms with Gasteiger partial charge < -0.3 is 19.5 Å². The van der Waals surface area contributed by atoms with Crippen LogP contribution in [-0.2, 0) is 14.8 Å². The highest BCUT2D eigenvalue weighted by molar-refractivity contribution is 7.89. The Bertz CT molecular complexity index is 1200. The lowest BCUT2D eigenvalue weighted by Crippen LogP contribution is -2.60. The van der Waals surface area contributed by atoms with E-state index in [9.17, 15) is 30.8 Å². The largest absolute Gasteiger partial charge is 0.410 e. The van der Waals surface area contributed by atoms with E-state index in [1.165, 1.54) is 18.2 Å². The molecule has 2 aromatic rings. The molecule has 2 fully saturated rings. The molecule has 186 valence electrons. The number of morpholine rings is 1. The molecular formula is C21H24F4N4O4S. The van der Waals surface area contributed by atoms with Crippen LogP contribution in [0.25, 0.3) is 0 Å². The molecule has 1 aromatic heterocycles. The second-order valence-corrected chi connectivity index (χ2v) is 10.2. The van der Waals surface area contributed by atoms with E-state index in [0.717, 1.165) is 23.1 Å². The summed E-state index contributed by atoms with van der Waals surface area (Å²) >= 11 is 0. The van der Waals surface area contributed by atoms with E-state index in [0.29, 0.717) is 29.8 Å². The molecule has 3 heterocycles. The highest BCUT2D eigenvalue weighted by Gasteiger charge is 2.49. The van der Waals surface area contributed by atoms with Gasteiger partial charge in [-0.3, -0.25) is 4.79 Å². The zero-order valence-electron chi connectivity index (χ0n) is 18.3. The summed E-state index contributed by atoms with van der Waals surface area (Å²) in [5, 5.41) is 0. The van der Waals surface area contributed by atoms with Gasteiger partial charge >= 0.3 is 6.18 Å². The number of aromatic amines is 1. The second kappa shape index (κ2) is 9.19. The van der Waals surface area contributed by atoms with Crippen molar-refractivity contribution in [3.8, 4) is 0 Å². The number of pyridine rings is 1. The molecule has 0 radical (unpaired) electrons. The summed E-state index contributed by atoms with van der Waals surface area (Å²) in [4.78, 5) is 17.2. The molecular weight excluding hydrogens is 480 g/mol. The molecule has 0 saturated carbocycles. The topological polar surface area (TPSA) is 85.9 Å². The SMILES string of the molecule is C[C@@H]1COCCN1c1cc(N2CCN(S(=O)(=O)c3cccc(F)c3)CC2C(F)(F)F)[nH]c(=O)c1. The van der Waals surface area contributed by atoms with Crippen molar-refractivity contribution in [1.29, 1.82) is 0 Å². The van der Waals surface area contributed by atoms with Gasteiger partial charge in [-0.05, 0) is 25.1 Å². The van der Waals surface area contributed by atoms with Crippen LogP contribution >= 0.6 is 0 Å². The summed E-state index contributed by atoms with van der Waals surface area (Å²) in [6.45, 7) is 1.71. The third kappa shape index (κ3) is 4.91. The van der Waals surface area contributed by atoms with Crippen LogP contribution in [0.3, 0.4) is 0 Å². The van der Waals surface area contributed by atoms with E-state index in [4.69, 9.17) is 4.74 Å². The van der Waals surface area contributed by atoms with Crippen LogP contribution in [0, 0.1) is 5.82 Å². The van der Waals surface area contributed by atoms with Gasteiger partial charge in [0.15, 0.2) is 0 Å². The second-order valence-electron chi connectivity index (χ2n) is 8.28. The highest BCUT2D eigenvalue weighted by Crippen LogP contribution is 2.34. The predicted molar refractivity (Wildman–Crippen MR) is 117 cm³/mol. The van der Waals surface area contributed by atoms with Crippen molar-refractivity contribution in [2.45, 2.75) is 30.1 Å². The number of aromatic nitrogens is 1. The summed E-state index contributed by atoms with van der Waals surface area (Å²) in [6, 6.07) is 4.65. The number of hydrogen-bond donors (Lipinski definition) is 1. The maximum Gasteiger partial charge on any atom is 0.410 e. The number of H-pyrrole nitrogens is 1. The first kappa shape index (κ1) is 24.5. The van der Waals surface area contributed by atoms with Crippen molar-refractivity contribution < 1.29 is 30.7 Å². The van der Waals surface area contributed by atoms with Crippen molar-refractivity contribution >= 4 is 21.5 Å². The number of nitrogens with zero attached hydrogens (tertiary/aromatic N) is 3. The number of nitrogens with one attached hydrogen (secondary N) is 1. The van der Waals surface area contributed by atoms with E-state index in [1.54, 1.807) is 0 Å². The number of rotatable bonds is 4. The first-order valence-electron chi connectivity index (χ1n) is 10.6. The lowest BCUT2D eigenvalue weighted by molar-refractivity contribution is -0.153. The maximum absolute atomic E-state index is 14.1. The van der Waals surface area contributed by atoms with Crippen LogP contribution in [0.15, 0.2) is 46.1 Å². The Morgan fingerprint density at radius 3 is 2.53 bits per heavy atom. The maximum atomic E-state index is 14.1. The van der Waals surface area contributed by atoms with Crippen LogP contribution < -0.4 is 15.4 Å². The van der Waals surface area contributed by atoms with E-state index in [1.807, 2.05) is 11.8 Å². The van der Waals surface area contributed by atoms with Crippen molar-refractivity contribution in [2.75, 3.05) is 49.2 Å². The van der Waals surface area contributed by atoms with Gasteiger partial charge in [0.1, 0.15) is 17.7 Å². The van der Waals surface area contributed by atoms with Gasteiger partial charge in [0.05, 0.1) is 18.1 Å². The highest BCUT2D eigenvalue weighted by atomic mass is 32.2. The van der Waals surface area contributed by atoms with Gasteiger partial charge in [-0.25, -0.2) is 12.8 Å². The first-order valence-corrected chi connectivity index (χ1v) is 12.1. The van der Waals surface area contributed by atoms with Crippen LogP contribution in [-0.4, -0.2) is 75.4 Å². The summed E-state index contributed by atoms with van der Waals surface area (Å²) in [7, 11) is -4.35.